The van der Waals surface area contributed by atoms with Crippen molar-refractivity contribution in [3.05, 3.63) is 40.5 Å². The molecule has 0 saturated heterocycles. The van der Waals surface area contributed by atoms with E-state index in [0.29, 0.717) is 0 Å². The smallest absolute Gasteiger partial charge is 0.241 e. The van der Waals surface area contributed by atoms with Crippen LogP contribution in [0.3, 0.4) is 0 Å². The van der Waals surface area contributed by atoms with Gasteiger partial charge in [-0.25, -0.2) is 0 Å². The summed E-state index contributed by atoms with van der Waals surface area (Å²) in [6.45, 7) is 6.11. The average molecular weight is 189 g/mol. The molecule has 0 aliphatic heterocycles. The van der Waals surface area contributed by atoms with Crippen molar-refractivity contribution in [3.63, 3.8) is 0 Å². The molecule has 1 amide bonds. The summed E-state index contributed by atoms with van der Waals surface area (Å²) in [6, 6.07) is 4.18. The normalized spacial score (nSPS) is 10.8. The molecule has 0 radical (unpaired) electrons. The van der Waals surface area contributed by atoms with Crippen LogP contribution < -0.4 is 5.73 Å². The van der Waals surface area contributed by atoms with E-state index < -0.39 is 5.91 Å². The van der Waals surface area contributed by atoms with E-state index in [2.05, 4.69) is 19.1 Å². The molecule has 0 aromatic heterocycles. The SMILES string of the molecule is Cc1cc(C)c(/C=C/C(N)=O)c(C)c1. The van der Waals surface area contributed by atoms with Crippen molar-refractivity contribution in [2.75, 3.05) is 0 Å². The Morgan fingerprint density at radius 1 is 1.21 bits per heavy atom. The fourth-order valence-corrected chi connectivity index (χ4v) is 1.62. The highest BCUT2D eigenvalue weighted by Gasteiger charge is 2.00. The molecule has 0 bridgehead atoms. The Morgan fingerprint density at radius 3 is 2.14 bits per heavy atom. The number of nitrogens with two attached hydrogens (primary N) is 1. The van der Waals surface area contributed by atoms with Crippen LogP contribution in [0.25, 0.3) is 6.08 Å². The van der Waals surface area contributed by atoms with Gasteiger partial charge in [0.25, 0.3) is 0 Å². The monoisotopic (exact) mass is 189 g/mol. The van der Waals surface area contributed by atoms with Crippen LogP contribution in [0.1, 0.15) is 22.3 Å². The molecule has 2 nitrogen and oxygen atoms in total. The van der Waals surface area contributed by atoms with Crippen LogP contribution in [0, 0.1) is 20.8 Å². The van der Waals surface area contributed by atoms with Crippen LogP contribution in [0.2, 0.25) is 0 Å². The second kappa shape index (κ2) is 4.09. The predicted octanol–water partition coefficient (Wildman–Crippen LogP) is 2.11. The van der Waals surface area contributed by atoms with E-state index in [1.807, 2.05) is 13.8 Å². The highest BCUT2D eigenvalue weighted by molar-refractivity contribution is 5.90. The molecule has 74 valence electrons. The molecule has 2 N–H and O–H groups in total. The van der Waals surface area contributed by atoms with Crippen LogP contribution in [0.15, 0.2) is 18.2 Å². The summed E-state index contributed by atoms with van der Waals surface area (Å²) in [5.74, 6) is -0.413. The van der Waals surface area contributed by atoms with E-state index in [1.54, 1.807) is 6.08 Å². The lowest BCUT2D eigenvalue weighted by Crippen LogP contribution is -2.05. The maximum absolute atomic E-state index is 10.6. The molecule has 0 unspecified atom stereocenters. The molecular formula is C12H15NO. The lowest BCUT2D eigenvalue weighted by molar-refractivity contribution is -0.113. The Balaban J connectivity index is 3.15. The van der Waals surface area contributed by atoms with Gasteiger partial charge in [0.05, 0.1) is 0 Å². The molecule has 2 heteroatoms. The summed E-state index contributed by atoms with van der Waals surface area (Å²) in [7, 11) is 0. The molecule has 0 aliphatic rings. The van der Waals surface area contributed by atoms with Gasteiger partial charge >= 0.3 is 0 Å². The minimum atomic E-state index is -0.413. The minimum absolute atomic E-state index is 0.413. The van der Waals surface area contributed by atoms with Crippen LogP contribution >= 0.6 is 0 Å². The number of rotatable bonds is 2. The van der Waals surface area contributed by atoms with E-state index in [1.165, 1.54) is 22.8 Å². The first-order valence-corrected chi connectivity index (χ1v) is 4.56. The van der Waals surface area contributed by atoms with Gasteiger partial charge < -0.3 is 5.73 Å². The van der Waals surface area contributed by atoms with Gasteiger partial charge in [-0.05, 0) is 43.5 Å². The van der Waals surface area contributed by atoms with E-state index >= 15 is 0 Å². The molecule has 0 atom stereocenters. The maximum Gasteiger partial charge on any atom is 0.241 e. The van der Waals surface area contributed by atoms with Gasteiger partial charge in [0, 0.05) is 6.08 Å². The zero-order chi connectivity index (χ0) is 10.7. The molecule has 0 fully saturated rings. The van der Waals surface area contributed by atoms with E-state index in [0.717, 1.165) is 5.56 Å². The number of aryl methyl sites for hydroxylation is 3. The topological polar surface area (TPSA) is 43.1 Å². The third-order valence-electron chi connectivity index (χ3n) is 2.15. The zero-order valence-corrected chi connectivity index (χ0v) is 8.79. The standard InChI is InChI=1S/C12H15NO/c1-8-6-9(2)11(10(3)7-8)4-5-12(13)14/h4-7H,1-3H3,(H2,13,14)/b5-4+. The quantitative estimate of drug-likeness (QED) is 0.711. The minimum Gasteiger partial charge on any atom is -0.366 e. The molecule has 1 aromatic carbocycles. The number of hydrogen-bond acceptors (Lipinski definition) is 1. The number of hydrogen-bond donors (Lipinski definition) is 1. The van der Waals surface area contributed by atoms with Gasteiger partial charge in [0.2, 0.25) is 5.91 Å². The third-order valence-corrected chi connectivity index (χ3v) is 2.15. The van der Waals surface area contributed by atoms with Crippen LogP contribution in [0.4, 0.5) is 0 Å². The number of carbonyl (C=O) groups excluding carboxylic acids is 1. The highest BCUT2D eigenvalue weighted by atomic mass is 16.1. The van der Waals surface area contributed by atoms with E-state index in [-0.39, 0.29) is 0 Å². The molecule has 0 spiro atoms. The lowest BCUT2D eigenvalue weighted by Gasteiger charge is -2.06. The van der Waals surface area contributed by atoms with Gasteiger partial charge in [-0.2, -0.15) is 0 Å². The Morgan fingerprint density at radius 2 is 1.71 bits per heavy atom. The number of benzene rings is 1. The van der Waals surface area contributed by atoms with Crippen LogP contribution in [-0.4, -0.2) is 5.91 Å². The van der Waals surface area contributed by atoms with Gasteiger partial charge in [0.1, 0.15) is 0 Å². The Kier molecular flexibility index (Phi) is 3.07. The van der Waals surface area contributed by atoms with Crippen molar-refractivity contribution in [1.29, 1.82) is 0 Å². The summed E-state index contributed by atoms with van der Waals surface area (Å²) in [5, 5.41) is 0. The Bertz CT molecular complexity index is 368. The molecule has 1 aromatic rings. The lowest BCUT2D eigenvalue weighted by atomic mass is 9.99. The summed E-state index contributed by atoms with van der Waals surface area (Å²) < 4.78 is 0. The second-order valence-corrected chi connectivity index (χ2v) is 3.55. The second-order valence-electron chi connectivity index (χ2n) is 3.55. The Hall–Kier alpha value is -1.57. The van der Waals surface area contributed by atoms with Gasteiger partial charge in [-0.3, -0.25) is 4.79 Å². The molecule has 0 aliphatic carbocycles. The molecule has 0 saturated carbocycles. The van der Waals surface area contributed by atoms with Gasteiger partial charge in [0.15, 0.2) is 0 Å². The van der Waals surface area contributed by atoms with Crippen LogP contribution in [-0.2, 0) is 4.79 Å². The zero-order valence-electron chi connectivity index (χ0n) is 8.79. The number of amides is 1. The number of carbonyl (C=O) groups is 1. The fourth-order valence-electron chi connectivity index (χ4n) is 1.62. The summed E-state index contributed by atoms with van der Waals surface area (Å²) >= 11 is 0. The molecule has 0 heterocycles. The summed E-state index contributed by atoms with van der Waals surface area (Å²) in [5.41, 5.74) is 9.69. The van der Waals surface area contributed by atoms with E-state index in [9.17, 15) is 4.79 Å². The average Bonchev–Trinajstić information content (AvgIpc) is 2.01. The van der Waals surface area contributed by atoms with Crippen molar-refractivity contribution in [2.45, 2.75) is 20.8 Å². The van der Waals surface area contributed by atoms with Gasteiger partial charge in [-0.15, -0.1) is 0 Å². The first kappa shape index (κ1) is 10.5. The van der Waals surface area contributed by atoms with Crippen molar-refractivity contribution >= 4 is 12.0 Å². The molecular weight excluding hydrogens is 174 g/mol. The number of primary amides is 1. The van der Waals surface area contributed by atoms with Crippen molar-refractivity contribution in [2.24, 2.45) is 5.73 Å². The van der Waals surface area contributed by atoms with Crippen LogP contribution in [0.5, 0.6) is 0 Å². The third kappa shape index (κ3) is 2.46. The molecule has 14 heavy (non-hydrogen) atoms. The van der Waals surface area contributed by atoms with Crippen molar-refractivity contribution < 1.29 is 4.79 Å². The first-order valence-electron chi connectivity index (χ1n) is 4.56. The van der Waals surface area contributed by atoms with Gasteiger partial charge in [-0.1, -0.05) is 17.7 Å². The summed E-state index contributed by atoms with van der Waals surface area (Å²) in [4.78, 5) is 10.6. The highest BCUT2D eigenvalue weighted by Crippen LogP contribution is 2.17. The first-order chi connectivity index (χ1) is 6.50. The van der Waals surface area contributed by atoms with E-state index in [4.69, 9.17) is 5.73 Å². The maximum atomic E-state index is 10.6. The van der Waals surface area contributed by atoms with Crippen molar-refractivity contribution in [3.8, 4) is 0 Å². The Labute approximate surface area is 84.4 Å². The van der Waals surface area contributed by atoms with Crippen molar-refractivity contribution in [1.82, 2.24) is 0 Å². The summed E-state index contributed by atoms with van der Waals surface area (Å²) in [6.07, 6.45) is 3.16. The fraction of sp³-hybridized carbons (Fsp3) is 0.250. The largest absolute Gasteiger partial charge is 0.366 e. The molecule has 1 rings (SSSR count). The predicted molar refractivity (Wildman–Crippen MR) is 58.9 cm³/mol.